The first kappa shape index (κ1) is 17.8. The van der Waals surface area contributed by atoms with E-state index in [-0.39, 0.29) is 17.4 Å². The normalized spacial score (nSPS) is 19.1. The van der Waals surface area contributed by atoms with Gasteiger partial charge in [-0.3, -0.25) is 0 Å². The minimum Gasteiger partial charge on any atom is -0.508 e. The van der Waals surface area contributed by atoms with Crippen LogP contribution in [0.15, 0.2) is 41.5 Å². The van der Waals surface area contributed by atoms with Crippen molar-refractivity contribution in [3.05, 3.63) is 52.6 Å². The van der Waals surface area contributed by atoms with E-state index in [9.17, 15) is 10.2 Å². The average Bonchev–Trinajstić information content (AvgIpc) is 2.47. The third-order valence-corrected chi connectivity index (χ3v) is 5.03. The van der Waals surface area contributed by atoms with Crippen molar-refractivity contribution in [1.82, 2.24) is 0 Å². The van der Waals surface area contributed by atoms with Crippen LogP contribution >= 0.6 is 0 Å². The highest BCUT2D eigenvalue weighted by Crippen LogP contribution is 2.39. The lowest BCUT2D eigenvalue weighted by Crippen LogP contribution is -2.25. The first-order chi connectivity index (χ1) is 10.6. The van der Waals surface area contributed by atoms with Gasteiger partial charge in [-0.15, -0.1) is 0 Å². The number of benzene rings is 1. The Kier molecular flexibility index (Phi) is 5.05. The van der Waals surface area contributed by atoms with Gasteiger partial charge in [-0.05, 0) is 46.6 Å². The predicted molar refractivity (Wildman–Crippen MR) is 96.8 cm³/mol. The second kappa shape index (κ2) is 6.52. The molecular formula is C21H30O2. The number of aromatic hydroxyl groups is 1. The van der Waals surface area contributed by atoms with Crippen molar-refractivity contribution in [2.45, 2.75) is 65.4 Å². The maximum atomic E-state index is 10.2. The topological polar surface area (TPSA) is 40.5 Å². The van der Waals surface area contributed by atoms with Gasteiger partial charge in [0.2, 0.25) is 0 Å². The highest BCUT2D eigenvalue weighted by molar-refractivity contribution is 5.48. The Morgan fingerprint density at radius 2 is 1.74 bits per heavy atom. The van der Waals surface area contributed by atoms with E-state index >= 15 is 0 Å². The maximum Gasteiger partial charge on any atom is 0.119 e. The molecule has 2 N–H and O–H groups in total. The Balaban J connectivity index is 2.45. The monoisotopic (exact) mass is 314 g/mol. The molecule has 1 aliphatic carbocycles. The van der Waals surface area contributed by atoms with Crippen LogP contribution in [0.5, 0.6) is 5.75 Å². The molecule has 1 aromatic rings. The Bertz CT molecular complexity index is 633. The first-order valence-corrected chi connectivity index (χ1v) is 8.58. The standard InChI is InChI=1S/C21H30O2/c1-13(2)17-11-15(7-9-19(17)22)21(5,6)16-8-10-20(23)18(12-16)14(3)4/h7-9,11-14,20,22-23H,10H2,1-6H3. The van der Waals surface area contributed by atoms with E-state index in [1.165, 1.54) is 11.1 Å². The van der Waals surface area contributed by atoms with Gasteiger partial charge in [0.1, 0.15) is 5.75 Å². The minimum absolute atomic E-state index is 0.155. The molecule has 0 aromatic heterocycles. The quantitative estimate of drug-likeness (QED) is 0.815. The number of phenols is 1. The van der Waals surface area contributed by atoms with Crippen LogP contribution in [0, 0.1) is 5.92 Å². The average molecular weight is 314 g/mol. The van der Waals surface area contributed by atoms with Crippen molar-refractivity contribution in [2.75, 3.05) is 0 Å². The second-order valence-corrected chi connectivity index (χ2v) is 7.76. The Hall–Kier alpha value is -1.54. The van der Waals surface area contributed by atoms with E-state index in [4.69, 9.17) is 0 Å². The Morgan fingerprint density at radius 3 is 2.30 bits per heavy atom. The molecule has 126 valence electrons. The van der Waals surface area contributed by atoms with Crippen molar-refractivity contribution in [1.29, 1.82) is 0 Å². The van der Waals surface area contributed by atoms with Gasteiger partial charge in [0.25, 0.3) is 0 Å². The van der Waals surface area contributed by atoms with E-state index in [0.717, 1.165) is 11.1 Å². The van der Waals surface area contributed by atoms with Gasteiger partial charge in [0, 0.05) is 5.41 Å². The van der Waals surface area contributed by atoms with Crippen LogP contribution in [-0.2, 0) is 5.41 Å². The van der Waals surface area contributed by atoms with Crippen LogP contribution in [0.3, 0.4) is 0 Å². The van der Waals surface area contributed by atoms with Crippen molar-refractivity contribution in [3.8, 4) is 5.75 Å². The highest BCUT2D eigenvalue weighted by atomic mass is 16.3. The van der Waals surface area contributed by atoms with Gasteiger partial charge in [-0.1, -0.05) is 65.8 Å². The summed E-state index contributed by atoms with van der Waals surface area (Å²) in [4.78, 5) is 0. The molecule has 1 unspecified atom stereocenters. The van der Waals surface area contributed by atoms with Crippen LogP contribution in [0.2, 0.25) is 0 Å². The maximum absolute atomic E-state index is 10.2. The molecule has 0 aliphatic heterocycles. The molecular weight excluding hydrogens is 284 g/mol. The molecule has 0 radical (unpaired) electrons. The molecule has 23 heavy (non-hydrogen) atoms. The zero-order valence-corrected chi connectivity index (χ0v) is 15.2. The van der Waals surface area contributed by atoms with Gasteiger partial charge < -0.3 is 10.2 Å². The van der Waals surface area contributed by atoms with Crippen LogP contribution in [-0.4, -0.2) is 16.3 Å². The van der Waals surface area contributed by atoms with E-state index in [2.05, 4.69) is 59.8 Å². The molecule has 0 spiro atoms. The molecule has 0 saturated carbocycles. The summed E-state index contributed by atoms with van der Waals surface area (Å²) in [6.45, 7) is 12.9. The van der Waals surface area contributed by atoms with Gasteiger partial charge in [0.05, 0.1) is 6.10 Å². The van der Waals surface area contributed by atoms with Crippen LogP contribution in [0.25, 0.3) is 0 Å². The van der Waals surface area contributed by atoms with Gasteiger partial charge in [-0.25, -0.2) is 0 Å². The molecule has 2 nitrogen and oxygen atoms in total. The molecule has 0 fully saturated rings. The number of aliphatic hydroxyl groups is 1. The first-order valence-electron chi connectivity index (χ1n) is 8.58. The fourth-order valence-electron chi connectivity index (χ4n) is 3.27. The van der Waals surface area contributed by atoms with Crippen molar-refractivity contribution in [2.24, 2.45) is 5.92 Å². The van der Waals surface area contributed by atoms with Crippen molar-refractivity contribution >= 4 is 0 Å². The summed E-state index contributed by atoms with van der Waals surface area (Å²) in [6, 6.07) is 5.93. The number of aliphatic hydroxyl groups excluding tert-OH is 1. The lowest BCUT2D eigenvalue weighted by atomic mass is 9.73. The summed E-state index contributed by atoms with van der Waals surface area (Å²) in [5, 5.41) is 20.3. The molecule has 1 atom stereocenters. The summed E-state index contributed by atoms with van der Waals surface area (Å²) >= 11 is 0. The van der Waals surface area contributed by atoms with Crippen LogP contribution in [0.1, 0.15) is 65.0 Å². The van der Waals surface area contributed by atoms with Gasteiger partial charge in [0.15, 0.2) is 0 Å². The summed E-state index contributed by atoms with van der Waals surface area (Å²) < 4.78 is 0. The lowest BCUT2D eigenvalue weighted by Gasteiger charge is -2.33. The lowest BCUT2D eigenvalue weighted by molar-refractivity contribution is 0.200. The molecule has 2 heteroatoms. The number of allylic oxidation sites excluding steroid dienone is 2. The third kappa shape index (κ3) is 3.53. The molecule has 1 aliphatic rings. The zero-order chi connectivity index (χ0) is 17.4. The molecule has 0 amide bonds. The predicted octanol–water partition coefficient (Wildman–Crippen LogP) is 5.07. The fraction of sp³-hybridized carbons (Fsp3) is 0.524. The third-order valence-electron chi connectivity index (χ3n) is 5.03. The van der Waals surface area contributed by atoms with Gasteiger partial charge in [-0.2, -0.15) is 0 Å². The Labute approximate surface area is 140 Å². The van der Waals surface area contributed by atoms with E-state index < -0.39 is 0 Å². The highest BCUT2D eigenvalue weighted by Gasteiger charge is 2.29. The summed E-state index contributed by atoms with van der Waals surface area (Å²) in [7, 11) is 0. The summed E-state index contributed by atoms with van der Waals surface area (Å²) in [5.41, 5.74) is 4.38. The zero-order valence-electron chi connectivity index (χ0n) is 15.2. The summed E-state index contributed by atoms with van der Waals surface area (Å²) in [6.07, 6.45) is 4.64. The van der Waals surface area contributed by atoms with E-state index in [1.54, 1.807) is 6.07 Å². The molecule has 0 bridgehead atoms. The smallest absolute Gasteiger partial charge is 0.119 e. The number of rotatable bonds is 4. The SMILES string of the molecule is CC(C)C1=CC(C(C)(C)c2ccc(O)c(C(C)C)c2)=CCC1O. The summed E-state index contributed by atoms with van der Waals surface area (Å²) in [5.74, 6) is 0.997. The molecule has 2 rings (SSSR count). The fourth-order valence-corrected chi connectivity index (χ4v) is 3.27. The number of phenolic OH excluding ortho intramolecular Hbond substituents is 1. The van der Waals surface area contributed by atoms with E-state index in [0.29, 0.717) is 18.1 Å². The second-order valence-electron chi connectivity index (χ2n) is 7.76. The van der Waals surface area contributed by atoms with Crippen LogP contribution in [0.4, 0.5) is 0 Å². The van der Waals surface area contributed by atoms with Gasteiger partial charge >= 0.3 is 0 Å². The number of hydrogen-bond acceptors (Lipinski definition) is 2. The molecule has 0 saturated heterocycles. The number of hydrogen-bond donors (Lipinski definition) is 2. The minimum atomic E-state index is -0.361. The largest absolute Gasteiger partial charge is 0.508 e. The van der Waals surface area contributed by atoms with Crippen LogP contribution < -0.4 is 0 Å². The van der Waals surface area contributed by atoms with Crippen molar-refractivity contribution < 1.29 is 10.2 Å². The Morgan fingerprint density at radius 1 is 1.09 bits per heavy atom. The van der Waals surface area contributed by atoms with E-state index in [1.807, 2.05) is 6.07 Å². The molecule has 1 aromatic carbocycles. The van der Waals surface area contributed by atoms with Crippen molar-refractivity contribution in [3.63, 3.8) is 0 Å². The molecule has 0 heterocycles.